The van der Waals surface area contributed by atoms with Crippen molar-refractivity contribution in [2.75, 3.05) is 46.3 Å². The van der Waals surface area contributed by atoms with Gasteiger partial charge in [0.1, 0.15) is 0 Å². The highest BCUT2D eigenvalue weighted by Gasteiger charge is 2.44. The van der Waals surface area contributed by atoms with E-state index in [0.717, 1.165) is 32.5 Å². The molecule has 0 aromatic carbocycles. The number of sulfonamides is 1. The van der Waals surface area contributed by atoms with Gasteiger partial charge in [0.2, 0.25) is 10.0 Å². The van der Waals surface area contributed by atoms with Crippen LogP contribution in [0.5, 0.6) is 0 Å². The fraction of sp³-hybridized carbons (Fsp3) is 1.00. The van der Waals surface area contributed by atoms with Gasteiger partial charge in [-0.3, -0.25) is 0 Å². The van der Waals surface area contributed by atoms with E-state index in [4.69, 9.17) is 9.47 Å². The topological polar surface area (TPSA) is 55.8 Å². The van der Waals surface area contributed by atoms with E-state index in [1.54, 1.807) is 11.4 Å². The normalized spacial score (nSPS) is 29.6. The van der Waals surface area contributed by atoms with Crippen LogP contribution in [0.2, 0.25) is 0 Å². The molecule has 2 aliphatic rings. The second kappa shape index (κ2) is 5.45. The van der Waals surface area contributed by atoms with E-state index in [-0.39, 0.29) is 5.41 Å². The lowest BCUT2D eigenvalue weighted by Gasteiger charge is -2.48. The van der Waals surface area contributed by atoms with Gasteiger partial charge in [-0.25, -0.2) is 12.7 Å². The van der Waals surface area contributed by atoms with Crippen LogP contribution in [0.3, 0.4) is 0 Å². The van der Waals surface area contributed by atoms with E-state index >= 15 is 0 Å². The van der Waals surface area contributed by atoms with E-state index in [2.05, 4.69) is 0 Å². The molecule has 2 aliphatic heterocycles. The second-order valence-electron chi connectivity index (χ2n) is 5.50. The molecule has 2 heterocycles. The molecule has 0 aliphatic carbocycles. The predicted octanol–water partition coefficient (Wildman–Crippen LogP) is 0.711. The Bertz CT molecular complexity index is 372. The quantitative estimate of drug-likeness (QED) is 0.762. The molecule has 0 aromatic rings. The van der Waals surface area contributed by atoms with Gasteiger partial charge in [-0.1, -0.05) is 0 Å². The molecule has 0 amide bonds. The van der Waals surface area contributed by atoms with Crippen LogP contribution in [-0.2, 0) is 19.5 Å². The van der Waals surface area contributed by atoms with Gasteiger partial charge in [0.25, 0.3) is 0 Å². The van der Waals surface area contributed by atoms with Gasteiger partial charge in [0.15, 0.2) is 0 Å². The molecule has 0 radical (unpaired) electrons. The molecule has 2 fully saturated rings. The lowest BCUT2D eigenvalue weighted by atomic mass is 9.66. The minimum absolute atomic E-state index is 0.218. The maximum atomic E-state index is 11.5. The van der Waals surface area contributed by atoms with Crippen molar-refractivity contribution in [1.29, 1.82) is 0 Å². The summed E-state index contributed by atoms with van der Waals surface area (Å²) in [7, 11) is -1.32. The molecule has 18 heavy (non-hydrogen) atoms. The fourth-order valence-electron chi connectivity index (χ4n) is 3.23. The first-order valence-electron chi connectivity index (χ1n) is 6.50. The number of rotatable bonds is 3. The van der Waals surface area contributed by atoms with E-state index < -0.39 is 10.0 Å². The summed E-state index contributed by atoms with van der Waals surface area (Å²) >= 11 is 0. The van der Waals surface area contributed by atoms with Crippen molar-refractivity contribution < 1.29 is 17.9 Å². The number of hydrogen-bond acceptors (Lipinski definition) is 4. The van der Waals surface area contributed by atoms with Crippen LogP contribution in [0.1, 0.15) is 19.3 Å². The Balaban J connectivity index is 2.04. The number of nitrogens with zero attached hydrogens (tertiary/aromatic N) is 1. The Hall–Kier alpha value is -0.170. The van der Waals surface area contributed by atoms with Gasteiger partial charge < -0.3 is 9.47 Å². The SMILES string of the molecule is COC[C@H]1COCCC12CCN(S(C)(=O)=O)CC2. The average Bonchev–Trinajstić information content (AvgIpc) is 2.32. The minimum atomic E-state index is -3.04. The maximum Gasteiger partial charge on any atom is 0.211 e. The second-order valence-corrected chi connectivity index (χ2v) is 7.48. The number of methoxy groups -OCH3 is 1. The highest BCUT2D eigenvalue weighted by Crippen LogP contribution is 2.45. The monoisotopic (exact) mass is 277 g/mol. The van der Waals surface area contributed by atoms with Gasteiger partial charge in [-0.2, -0.15) is 0 Å². The van der Waals surface area contributed by atoms with E-state index in [0.29, 0.717) is 25.6 Å². The summed E-state index contributed by atoms with van der Waals surface area (Å²) in [5, 5.41) is 0. The molecule has 0 aromatic heterocycles. The van der Waals surface area contributed by atoms with Crippen molar-refractivity contribution in [2.45, 2.75) is 19.3 Å². The van der Waals surface area contributed by atoms with Crippen molar-refractivity contribution in [2.24, 2.45) is 11.3 Å². The van der Waals surface area contributed by atoms with Crippen molar-refractivity contribution in [3.05, 3.63) is 0 Å². The Labute approximate surface area is 109 Å². The van der Waals surface area contributed by atoms with E-state index in [9.17, 15) is 8.42 Å². The molecule has 106 valence electrons. The number of piperidine rings is 1. The van der Waals surface area contributed by atoms with Crippen LogP contribution in [0.25, 0.3) is 0 Å². The van der Waals surface area contributed by atoms with Crippen LogP contribution in [-0.4, -0.2) is 59.0 Å². The summed E-state index contributed by atoms with van der Waals surface area (Å²) in [4.78, 5) is 0. The van der Waals surface area contributed by atoms with E-state index in [1.807, 2.05) is 0 Å². The third-order valence-electron chi connectivity index (χ3n) is 4.48. The van der Waals surface area contributed by atoms with Crippen molar-refractivity contribution in [3.63, 3.8) is 0 Å². The first-order chi connectivity index (χ1) is 8.48. The Kier molecular flexibility index (Phi) is 4.31. The lowest BCUT2D eigenvalue weighted by Crippen LogP contribution is -2.50. The third-order valence-corrected chi connectivity index (χ3v) is 5.79. The smallest absolute Gasteiger partial charge is 0.211 e. The summed E-state index contributed by atoms with van der Waals surface area (Å²) in [6.07, 6.45) is 4.18. The van der Waals surface area contributed by atoms with Gasteiger partial charge in [-0.15, -0.1) is 0 Å². The highest BCUT2D eigenvalue weighted by molar-refractivity contribution is 7.88. The third kappa shape index (κ3) is 2.87. The molecular formula is C12H23NO4S. The maximum absolute atomic E-state index is 11.5. The zero-order valence-corrected chi connectivity index (χ0v) is 12.0. The van der Waals surface area contributed by atoms with Gasteiger partial charge in [-0.05, 0) is 24.7 Å². The number of hydrogen-bond donors (Lipinski definition) is 0. The van der Waals surface area contributed by atoms with Gasteiger partial charge in [0.05, 0.1) is 19.5 Å². The first-order valence-corrected chi connectivity index (χ1v) is 8.35. The molecule has 0 N–H and O–H groups in total. The number of ether oxygens (including phenoxy) is 2. The van der Waals surface area contributed by atoms with Crippen LogP contribution in [0.4, 0.5) is 0 Å². The molecule has 0 saturated carbocycles. The van der Waals surface area contributed by atoms with Crippen molar-refractivity contribution in [3.8, 4) is 0 Å². The molecular weight excluding hydrogens is 254 g/mol. The van der Waals surface area contributed by atoms with Crippen LogP contribution in [0.15, 0.2) is 0 Å². The molecule has 1 atom stereocenters. The zero-order chi connectivity index (χ0) is 13.2. The van der Waals surface area contributed by atoms with Gasteiger partial charge >= 0.3 is 0 Å². The lowest BCUT2D eigenvalue weighted by molar-refractivity contribution is -0.0881. The fourth-order valence-corrected chi connectivity index (χ4v) is 4.08. The van der Waals surface area contributed by atoms with Crippen LogP contribution in [0, 0.1) is 11.3 Å². The molecule has 2 rings (SSSR count). The van der Waals surface area contributed by atoms with Crippen molar-refractivity contribution in [1.82, 2.24) is 4.31 Å². The molecule has 6 heteroatoms. The Morgan fingerprint density at radius 2 is 2.00 bits per heavy atom. The Morgan fingerprint density at radius 1 is 1.33 bits per heavy atom. The molecule has 5 nitrogen and oxygen atoms in total. The highest BCUT2D eigenvalue weighted by atomic mass is 32.2. The predicted molar refractivity (Wildman–Crippen MR) is 68.9 cm³/mol. The van der Waals surface area contributed by atoms with Gasteiger partial charge in [0, 0.05) is 32.7 Å². The largest absolute Gasteiger partial charge is 0.384 e. The summed E-state index contributed by atoms with van der Waals surface area (Å²) in [6, 6.07) is 0. The van der Waals surface area contributed by atoms with Crippen LogP contribution >= 0.6 is 0 Å². The molecule has 0 bridgehead atoms. The van der Waals surface area contributed by atoms with Crippen LogP contribution < -0.4 is 0 Å². The summed E-state index contributed by atoms with van der Waals surface area (Å²) in [5.41, 5.74) is 0.218. The standard InChI is InChI=1S/C12H23NO4S/c1-16-9-11-10-17-8-5-12(11)3-6-13(7-4-12)18(2,14)15/h11H,3-10H2,1-2H3/t11-/m0/s1. The summed E-state index contributed by atoms with van der Waals surface area (Å²) in [5.74, 6) is 0.401. The molecule has 2 saturated heterocycles. The molecule has 0 unspecified atom stereocenters. The first kappa shape index (κ1) is 14.2. The van der Waals surface area contributed by atoms with E-state index in [1.165, 1.54) is 6.26 Å². The Morgan fingerprint density at radius 3 is 2.56 bits per heavy atom. The average molecular weight is 277 g/mol. The minimum Gasteiger partial charge on any atom is -0.384 e. The zero-order valence-electron chi connectivity index (χ0n) is 11.2. The summed E-state index contributed by atoms with van der Waals surface area (Å²) < 4.78 is 35.5. The van der Waals surface area contributed by atoms with Crippen molar-refractivity contribution >= 4 is 10.0 Å². The summed E-state index contributed by atoms with van der Waals surface area (Å²) in [6.45, 7) is 3.52. The molecule has 1 spiro atoms.